The number of nitrogens with one attached hydrogen (secondary N) is 1. The van der Waals surface area contributed by atoms with E-state index in [0.717, 1.165) is 25.0 Å². The third-order valence-corrected chi connectivity index (χ3v) is 5.05. The zero-order valence-corrected chi connectivity index (χ0v) is 15.8. The Labute approximate surface area is 164 Å². The minimum Gasteiger partial charge on any atom is -0.488 e. The summed E-state index contributed by atoms with van der Waals surface area (Å²) in [5, 5.41) is 3.62. The molecular formula is C22H25N3O3. The van der Waals surface area contributed by atoms with E-state index in [9.17, 15) is 4.79 Å². The standard InChI is InChI=1S/C22H25N3O3/c23-17-8-2-3-9-18(17)24-22(26)20-15-16-7-6-10-19(21(16)28-20)27-14-13-25-11-4-1-5-12-25/h2-3,6-10,15H,1,4-5,11-14,23H2,(H,24,26). The molecule has 1 amide bonds. The maximum absolute atomic E-state index is 12.6. The Morgan fingerprint density at radius 2 is 1.93 bits per heavy atom. The summed E-state index contributed by atoms with van der Waals surface area (Å²) < 4.78 is 11.8. The molecule has 2 heterocycles. The van der Waals surface area contributed by atoms with E-state index in [-0.39, 0.29) is 11.7 Å². The van der Waals surface area contributed by atoms with Gasteiger partial charge in [-0.25, -0.2) is 0 Å². The molecule has 6 heteroatoms. The van der Waals surface area contributed by atoms with Crippen LogP contribution in [0.2, 0.25) is 0 Å². The number of fused-ring (bicyclic) bond motifs is 1. The van der Waals surface area contributed by atoms with Crippen LogP contribution in [0.1, 0.15) is 29.8 Å². The van der Waals surface area contributed by atoms with Gasteiger partial charge in [0.25, 0.3) is 5.91 Å². The van der Waals surface area contributed by atoms with E-state index < -0.39 is 0 Å². The maximum Gasteiger partial charge on any atom is 0.291 e. The molecule has 3 N–H and O–H groups in total. The normalized spacial score (nSPS) is 14.9. The maximum atomic E-state index is 12.6. The highest BCUT2D eigenvalue weighted by Gasteiger charge is 2.16. The van der Waals surface area contributed by atoms with Crippen molar-refractivity contribution in [3.05, 3.63) is 54.3 Å². The van der Waals surface area contributed by atoms with E-state index >= 15 is 0 Å². The van der Waals surface area contributed by atoms with Gasteiger partial charge >= 0.3 is 0 Å². The number of carbonyl (C=O) groups is 1. The van der Waals surface area contributed by atoms with Gasteiger partial charge in [0.05, 0.1) is 11.4 Å². The Kier molecular flexibility index (Phi) is 5.48. The number of amides is 1. The van der Waals surface area contributed by atoms with Crippen LogP contribution in [0.25, 0.3) is 11.0 Å². The van der Waals surface area contributed by atoms with Crippen LogP contribution >= 0.6 is 0 Å². The van der Waals surface area contributed by atoms with Crippen LogP contribution < -0.4 is 15.8 Å². The molecule has 0 bridgehead atoms. The third kappa shape index (κ3) is 4.12. The predicted molar refractivity (Wildman–Crippen MR) is 111 cm³/mol. The van der Waals surface area contributed by atoms with E-state index in [4.69, 9.17) is 14.9 Å². The van der Waals surface area contributed by atoms with E-state index in [1.807, 2.05) is 30.3 Å². The molecule has 0 spiro atoms. The van der Waals surface area contributed by atoms with Crippen molar-refractivity contribution in [1.82, 2.24) is 4.90 Å². The SMILES string of the molecule is Nc1ccccc1NC(=O)c1cc2cccc(OCCN3CCCCC3)c2o1. The molecule has 4 rings (SSSR count). The summed E-state index contributed by atoms with van der Waals surface area (Å²) >= 11 is 0. The number of benzene rings is 2. The van der Waals surface area contributed by atoms with Gasteiger partial charge in [-0.3, -0.25) is 9.69 Å². The molecule has 1 aliphatic rings. The van der Waals surface area contributed by atoms with Crippen LogP contribution in [0, 0.1) is 0 Å². The largest absolute Gasteiger partial charge is 0.488 e. The van der Waals surface area contributed by atoms with Crippen molar-refractivity contribution in [3.63, 3.8) is 0 Å². The lowest BCUT2D eigenvalue weighted by Crippen LogP contribution is -2.33. The quantitative estimate of drug-likeness (QED) is 0.630. The van der Waals surface area contributed by atoms with Crippen molar-refractivity contribution in [2.24, 2.45) is 0 Å². The van der Waals surface area contributed by atoms with E-state index in [2.05, 4.69) is 10.2 Å². The van der Waals surface area contributed by atoms with Crippen molar-refractivity contribution in [2.45, 2.75) is 19.3 Å². The molecule has 1 saturated heterocycles. The van der Waals surface area contributed by atoms with Gasteiger partial charge in [-0.15, -0.1) is 0 Å². The number of likely N-dealkylation sites (tertiary alicyclic amines) is 1. The van der Waals surface area contributed by atoms with Crippen LogP contribution in [-0.4, -0.2) is 37.0 Å². The molecule has 146 valence electrons. The Morgan fingerprint density at radius 1 is 1.11 bits per heavy atom. The summed E-state index contributed by atoms with van der Waals surface area (Å²) in [6, 6.07) is 14.5. The molecule has 1 aromatic heterocycles. The molecule has 0 aliphatic carbocycles. The Morgan fingerprint density at radius 3 is 2.75 bits per heavy atom. The zero-order valence-electron chi connectivity index (χ0n) is 15.8. The highest BCUT2D eigenvalue weighted by Crippen LogP contribution is 2.29. The summed E-state index contributed by atoms with van der Waals surface area (Å²) in [4.78, 5) is 15.0. The molecule has 0 saturated carbocycles. The first-order valence-electron chi connectivity index (χ1n) is 9.74. The van der Waals surface area contributed by atoms with Crippen molar-refractivity contribution < 1.29 is 13.9 Å². The van der Waals surface area contributed by atoms with Crippen molar-refractivity contribution in [2.75, 3.05) is 37.3 Å². The lowest BCUT2D eigenvalue weighted by Gasteiger charge is -2.26. The van der Waals surface area contributed by atoms with E-state index in [1.165, 1.54) is 19.3 Å². The van der Waals surface area contributed by atoms with Crippen molar-refractivity contribution >= 4 is 28.3 Å². The van der Waals surface area contributed by atoms with Crippen LogP contribution in [0.5, 0.6) is 5.75 Å². The minimum absolute atomic E-state index is 0.227. The van der Waals surface area contributed by atoms with Gasteiger partial charge in [0, 0.05) is 11.9 Å². The average molecular weight is 379 g/mol. The van der Waals surface area contributed by atoms with Crippen LogP contribution in [0.3, 0.4) is 0 Å². The predicted octanol–water partition coefficient (Wildman–Crippen LogP) is 4.13. The molecule has 3 aromatic rings. The molecule has 0 atom stereocenters. The monoisotopic (exact) mass is 379 g/mol. The first-order chi connectivity index (χ1) is 13.7. The average Bonchev–Trinajstić information content (AvgIpc) is 3.16. The zero-order chi connectivity index (χ0) is 19.3. The summed E-state index contributed by atoms with van der Waals surface area (Å²) in [5.41, 5.74) is 7.55. The van der Waals surface area contributed by atoms with Gasteiger partial charge in [-0.2, -0.15) is 0 Å². The number of furan rings is 1. The molecule has 6 nitrogen and oxygen atoms in total. The van der Waals surface area contributed by atoms with Gasteiger partial charge < -0.3 is 20.2 Å². The summed E-state index contributed by atoms with van der Waals surface area (Å²) in [7, 11) is 0. The lowest BCUT2D eigenvalue weighted by molar-refractivity contribution is 0.0998. The van der Waals surface area contributed by atoms with E-state index in [1.54, 1.807) is 18.2 Å². The molecule has 2 aromatic carbocycles. The van der Waals surface area contributed by atoms with Gasteiger partial charge in [0.1, 0.15) is 6.61 Å². The number of piperidine rings is 1. The first-order valence-corrected chi connectivity index (χ1v) is 9.74. The Hall–Kier alpha value is -2.99. The fourth-order valence-electron chi connectivity index (χ4n) is 3.52. The third-order valence-electron chi connectivity index (χ3n) is 5.05. The number of anilines is 2. The summed E-state index contributed by atoms with van der Waals surface area (Å²) in [6.45, 7) is 3.78. The Balaban J connectivity index is 1.45. The van der Waals surface area contributed by atoms with Crippen molar-refractivity contribution in [1.29, 1.82) is 0 Å². The van der Waals surface area contributed by atoms with Crippen LogP contribution in [0.4, 0.5) is 11.4 Å². The number of nitrogens with two attached hydrogens (primary N) is 1. The topological polar surface area (TPSA) is 80.7 Å². The molecule has 28 heavy (non-hydrogen) atoms. The number of carbonyl (C=O) groups excluding carboxylic acids is 1. The minimum atomic E-state index is -0.339. The van der Waals surface area contributed by atoms with Gasteiger partial charge in [0.2, 0.25) is 0 Å². The fourth-order valence-corrected chi connectivity index (χ4v) is 3.52. The molecule has 0 radical (unpaired) electrons. The number of nitrogens with zero attached hydrogens (tertiary/aromatic N) is 1. The number of para-hydroxylation sites is 3. The number of ether oxygens (including phenoxy) is 1. The lowest BCUT2D eigenvalue weighted by atomic mass is 10.1. The van der Waals surface area contributed by atoms with Crippen LogP contribution in [-0.2, 0) is 0 Å². The first kappa shape index (κ1) is 18.4. The second-order valence-electron chi connectivity index (χ2n) is 7.08. The smallest absolute Gasteiger partial charge is 0.291 e. The molecule has 1 fully saturated rings. The van der Waals surface area contributed by atoms with Gasteiger partial charge in [-0.1, -0.05) is 30.7 Å². The number of rotatable bonds is 6. The summed E-state index contributed by atoms with van der Waals surface area (Å²) in [6.07, 6.45) is 3.85. The van der Waals surface area contributed by atoms with Crippen molar-refractivity contribution in [3.8, 4) is 5.75 Å². The van der Waals surface area contributed by atoms with E-state index in [0.29, 0.717) is 29.3 Å². The number of hydrogen-bond donors (Lipinski definition) is 2. The highest BCUT2D eigenvalue weighted by atomic mass is 16.5. The number of hydrogen-bond acceptors (Lipinski definition) is 5. The molecular weight excluding hydrogens is 354 g/mol. The fraction of sp³-hybridized carbons (Fsp3) is 0.318. The second-order valence-corrected chi connectivity index (χ2v) is 7.08. The van der Waals surface area contributed by atoms with Crippen LogP contribution in [0.15, 0.2) is 52.9 Å². The van der Waals surface area contributed by atoms with Gasteiger partial charge in [-0.05, 0) is 50.2 Å². The second kappa shape index (κ2) is 8.35. The molecule has 1 aliphatic heterocycles. The number of nitrogen functional groups attached to an aromatic ring is 1. The molecule has 0 unspecified atom stereocenters. The van der Waals surface area contributed by atoms with Gasteiger partial charge in [0.15, 0.2) is 17.1 Å². The Bertz CT molecular complexity index is 961. The summed E-state index contributed by atoms with van der Waals surface area (Å²) in [5.74, 6) is 0.548. The highest BCUT2D eigenvalue weighted by molar-refractivity contribution is 6.06.